The molecule has 0 bridgehead atoms. The molecule has 0 aliphatic heterocycles. The molecule has 1 aromatic heterocycles. The Morgan fingerprint density at radius 1 is 1.53 bits per heavy atom. The van der Waals surface area contributed by atoms with E-state index in [1.54, 1.807) is 6.07 Å². The first-order valence-electron chi connectivity index (χ1n) is 4.15. The summed E-state index contributed by atoms with van der Waals surface area (Å²) in [5.41, 5.74) is 0.592. The van der Waals surface area contributed by atoms with Crippen molar-refractivity contribution in [2.75, 3.05) is 24.0 Å². The highest BCUT2D eigenvalue weighted by Gasteiger charge is 2.07. The van der Waals surface area contributed by atoms with Crippen molar-refractivity contribution in [2.24, 2.45) is 0 Å². The van der Waals surface area contributed by atoms with E-state index in [0.717, 1.165) is 0 Å². The summed E-state index contributed by atoms with van der Waals surface area (Å²) in [6.45, 7) is 0. The Balaban J connectivity index is 2.88. The lowest BCUT2D eigenvalue weighted by Gasteiger charge is -2.08. The van der Waals surface area contributed by atoms with Gasteiger partial charge in [-0.05, 0) is 0 Å². The van der Waals surface area contributed by atoms with Crippen LogP contribution in [0.25, 0.3) is 0 Å². The minimum Gasteiger partial charge on any atom is -0.491 e. The lowest BCUT2D eigenvalue weighted by molar-refractivity contribution is -0.113. The minimum absolute atomic E-state index is 0.0791. The molecular weight excluding hydrogens is 311 g/mol. The molecule has 0 aliphatic carbocycles. The molecule has 15 heavy (non-hydrogen) atoms. The number of ether oxygens (including phenoxy) is 2. The van der Waals surface area contributed by atoms with E-state index < -0.39 is 0 Å². The summed E-state index contributed by atoms with van der Waals surface area (Å²) in [7, 11) is 3.03. The summed E-state index contributed by atoms with van der Waals surface area (Å²) in [6.07, 6.45) is 1.52. The zero-order valence-corrected chi connectivity index (χ0v) is 10.6. The summed E-state index contributed by atoms with van der Waals surface area (Å²) in [5, 5.41) is 2.67. The maximum Gasteiger partial charge on any atom is 0.256 e. The third kappa shape index (κ3) is 3.22. The third-order valence-corrected chi connectivity index (χ3v) is 2.33. The molecule has 0 saturated heterocycles. The number of hydrogen-bond acceptors (Lipinski definition) is 4. The van der Waals surface area contributed by atoms with Crippen LogP contribution in [0.1, 0.15) is 0 Å². The lowest BCUT2D eigenvalue weighted by atomic mass is 10.4. The van der Waals surface area contributed by atoms with Crippen LogP contribution >= 0.6 is 22.6 Å². The average molecular weight is 322 g/mol. The number of aromatic nitrogens is 1. The summed E-state index contributed by atoms with van der Waals surface area (Å²) >= 11 is 1.98. The molecule has 6 heteroatoms. The Bertz CT molecular complexity index is 357. The van der Waals surface area contributed by atoms with Crippen LogP contribution in [-0.2, 0) is 4.79 Å². The van der Waals surface area contributed by atoms with E-state index in [2.05, 4.69) is 10.3 Å². The molecule has 0 aromatic carbocycles. The molecule has 1 amide bonds. The van der Waals surface area contributed by atoms with E-state index in [9.17, 15) is 4.79 Å². The van der Waals surface area contributed by atoms with Crippen LogP contribution in [0.2, 0.25) is 0 Å². The summed E-state index contributed by atoms with van der Waals surface area (Å²) < 4.78 is 10.4. The van der Waals surface area contributed by atoms with Gasteiger partial charge in [0, 0.05) is 6.07 Å². The van der Waals surface area contributed by atoms with Crippen LogP contribution < -0.4 is 14.8 Å². The summed E-state index contributed by atoms with van der Waals surface area (Å²) in [6, 6.07) is 1.66. The second-order valence-corrected chi connectivity index (χ2v) is 3.38. The molecule has 5 nitrogen and oxygen atoms in total. The Hall–Kier alpha value is -1.05. The standard InChI is InChI=1S/C9H11IN2O3/c1-14-7-3-6(12-8(13)4-10)5-11-9(7)15-2/h3,5H,4H2,1-2H3,(H,12,13). The van der Waals surface area contributed by atoms with E-state index in [1.807, 2.05) is 22.6 Å². The zero-order valence-electron chi connectivity index (χ0n) is 8.41. The number of anilines is 1. The smallest absolute Gasteiger partial charge is 0.256 e. The van der Waals surface area contributed by atoms with Crippen molar-refractivity contribution in [3.63, 3.8) is 0 Å². The SMILES string of the molecule is COc1cc(NC(=O)CI)cnc1OC. The van der Waals surface area contributed by atoms with E-state index in [1.165, 1.54) is 20.4 Å². The molecule has 1 aromatic rings. The number of alkyl halides is 1. The number of amides is 1. The van der Waals surface area contributed by atoms with E-state index >= 15 is 0 Å². The molecule has 1 rings (SSSR count). The van der Waals surface area contributed by atoms with Gasteiger partial charge in [0.2, 0.25) is 5.91 Å². The quantitative estimate of drug-likeness (QED) is 0.674. The van der Waals surface area contributed by atoms with Crippen LogP contribution in [-0.4, -0.2) is 29.5 Å². The van der Waals surface area contributed by atoms with Gasteiger partial charge in [-0.15, -0.1) is 0 Å². The van der Waals surface area contributed by atoms with Gasteiger partial charge >= 0.3 is 0 Å². The number of hydrogen-bond donors (Lipinski definition) is 1. The Kier molecular flexibility index (Phi) is 4.60. The predicted molar refractivity (Wildman–Crippen MR) is 64.9 cm³/mol. The fourth-order valence-electron chi connectivity index (χ4n) is 0.994. The van der Waals surface area contributed by atoms with Crippen molar-refractivity contribution >= 4 is 34.2 Å². The number of rotatable bonds is 4. The van der Waals surface area contributed by atoms with Crippen LogP contribution in [0.3, 0.4) is 0 Å². The van der Waals surface area contributed by atoms with Gasteiger partial charge in [0.25, 0.3) is 5.88 Å². The average Bonchev–Trinajstić information content (AvgIpc) is 2.28. The first-order valence-corrected chi connectivity index (χ1v) is 5.67. The normalized spacial score (nSPS) is 9.53. The maximum atomic E-state index is 11.1. The van der Waals surface area contributed by atoms with Crippen molar-refractivity contribution in [3.05, 3.63) is 12.3 Å². The molecule has 0 atom stereocenters. The highest BCUT2D eigenvalue weighted by atomic mass is 127. The van der Waals surface area contributed by atoms with E-state index in [4.69, 9.17) is 9.47 Å². The van der Waals surface area contributed by atoms with Gasteiger partial charge in [-0.25, -0.2) is 4.98 Å². The third-order valence-electron chi connectivity index (χ3n) is 1.64. The molecule has 0 radical (unpaired) electrons. The summed E-state index contributed by atoms with van der Waals surface area (Å²) in [4.78, 5) is 15.1. The maximum absolute atomic E-state index is 11.1. The highest BCUT2D eigenvalue weighted by molar-refractivity contribution is 14.1. The van der Waals surface area contributed by atoms with Crippen molar-refractivity contribution in [2.45, 2.75) is 0 Å². The largest absolute Gasteiger partial charge is 0.491 e. The first kappa shape index (κ1) is 12.0. The van der Waals surface area contributed by atoms with Gasteiger partial charge in [0.1, 0.15) is 0 Å². The number of methoxy groups -OCH3 is 2. The van der Waals surface area contributed by atoms with Gasteiger partial charge < -0.3 is 14.8 Å². The van der Waals surface area contributed by atoms with Crippen LogP contribution in [0, 0.1) is 0 Å². The van der Waals surface area contributed by atoms with Gasteiger partial charge in [-0.3, -0.25) is 4.79 Å². The molecule has 1 heterocycles. The second kappa shape index (κ2) is 5.74. The number of halogens is 1. The van der Waals surface area contributed by atoms with Crippen molar-refractivity contribution in [3.8, 4) is 11.6 Å². The van der Waals surface area contributed by atoms with E-state index in [0.29, 0.717) is 21.7 Å². The van der Waals surface area contributed by atoms with Crippen molar-refractivity contribution in [1.82, 2.24) is 4.98 Å². The van der Waals surface area contributed by atoms with Gasteiger partial charge in [0.15, 0.2) is 5.75 Å². The molecule has 0 unspecified atom stereocenters. The van der Waals surface area contributed by atoms with Gasteiger partial charge in [0.05, 0.1) is 30.5 Å². The van der Waals surface area contributed by atoms with Crippen LogP contribution in [0.15, 0.2) is 12.3 Å². The van der Waals surface area contributed by atoms with Gasteiger partial charge in [-0.2, -0.15) is 0 Å². The van der Waals surface area contributed by atoms with Crippen LogP contribution in [0.5, 0.6) is 11.6 Å². The van der Waals surface area contributed by atoms with Crippen molar-refractivity contribution < 1.29 is 14.3 Å². The second-order valence-electron chi connectivity index (χ2n) is 2.62. The lowest BCUT2D eigenvalue weighted by Crippen LogP contribution is -2.12. The van der Waals surface area contributed by atoms with Crippen molar-refractivity contribution in [1.29, 1.82) is 0 Å². The highest BCUT2D eigenvalue weighted by Crippen LogP contribution is 2.26. The molecule has 0 fully saturated rings. The topological polar surface area (TPSA) is 60.5 Å². The molecule has 0 spiro atoms. The number of nitrogens with one attached hydrogen (secondary N) is 1. The molecular formula is C9H11IN2O3. The molecule has 0 saturated carbocycles. The molecule has 0 aliphatic rings. The number of carbonyl (C=O) groups excluding carboxylic acids is 1. The Morgan fingerprint density at radius 2 is 2.27 bits per heavy atom. The Labute approximate surface area is 101 Å². The first-order chi connectivity index (χ1) is 7.21. The molecule has 82 valence electrons. The monoisotopic (exact) mass is 322 g/mol. The fraction of sp³-hybridized carbons (Fsp3) is 0.333. The zero-order chi connectivity index (χ0) is 11.3. The summed E-state index contributed by atoms with van der Waals surface area (Å²) in [5.74, 6) is 0.804. The molecule has 1 N–H and O–H groups in total. The fourth-order valence-corrected chi connectivity index (χ4v) is 1.19. The van der Waals surface area contributed by atoms with Gasteiger partial charge in [-0.1, -0.05) is 22.6 Å². The number of carbonyl (C=O) groups is 1. The minimum atomic E-state index is -0.0791. The van der Waals surface area contributed by atoms with E-state index in [-0.39, 0.29) is 5.91 Å². The van der Waals surface area contributed by atoms with Crippen LogP contribution in [0.4, 0.5) is 5.69 Å². The number of pyridine rings is 1. The predicted octanol–water partition coefficient (Wildman–Crippen LogP) is 1.47. The Morgan fingerprint density at radius 3 is 2.80 bits per heavy atom. The number of nitrogens with zero attached hydrogens (tertiary/aromatic N) is 1.